The highest BCUT2D eigenvalue weighted by Gasteiger charge is 2.47. The molecule has 0 spiro atoms. The molecular weight excluding hydrogens is 567 g/mol. The molecule has 0 bridgehead atoms. The molecule has 8 nitrogen and oxygen atoms in total. The van der Waals surface area contributed by atoms with E-state index in [-0.39, 0.29) is 48.2 Å². The molecule has 5 heterocycles. The number of halogens is 1. The third-order valence-corrected chi connectivity index (χ3v) is 9.60. The standard InChI is InChI=1S/C33H27FN4O4S/c34-21-5-6-23-26(17-21)25-10-16-43-32(25)24-4-2-1-3-22(24)29(23)38-28-19-41-15-14-36(28)33(40)30-31(27(39)9-13-37(30)38)42-18-20-7-11-35-12-8-20/h1-3,5-13,16,28-29H,4,14-15,17-19H2/t28-,29?/m1/s1. The van der Waals surface area contributed by atoms with Crippen molar-refractivity contribution in [2.75, 3.05) is 24.8 Å². The fourth-order valence-electron chi connectivity index (χ4n) is 6.70. The molecule has 216 valence electrons. The summed E-state index contributed by atoms with van der Waals surface area (Å²) in [5, 5.41) is 5.24. The van der Waals surface area contributed by atoms with Crippen molar-refractivity contribution in [3.8, 4) is 5.75 Å². The minimum Gasteiger partial charge on any atom is -0.482 e. The van der Waals surface area contributed by atoms with Crippen LogP contribution in [-0.2, 0) is 11.3 Å². The molecule has 1 unspecified atom stereocenters. The lowest BCUT2D eigenvalue weighted by atomic mass is 9.84. The van der Waals surface area contributed by atoms with E-state index in [1.807, 2.05) is 18.2 Å². The molecule has 8 rings (SSSR count). The van der Waals surface area contributed by atoms with Crippen molar-refractivity contribution in [1.29, 1.82) is 0 Å². The Morgan fingerprint density at radius 1 is 1.07 bits per heavy atom. The third-order valence-electron chi connectivity index (χ3n) is 8.63. The van der Waals surface area contributed by atoms with Gasteiger partial charge in [0.1, 0.15) is 18.6 Å². The lowest BCUT2D eigenvalue weighted by Crippen LogP contribution is -2.68. The second-order valence-electron chi connectivity index (χ2n) is 11.0. The molecule has 1 amide bonds. The molecule has 10 heteroatoms. The van der Waals surface area contributed by atoms with Crippen molar-refractivity contribution in [2.24, 2.45) is 0 Å². The average molecular weight is 595 g/mol. The predicted molar refractivity (Wildman–Crippen MR) is 161 cm³/mol. The van der Waals surface area contributed by atoms with E-state index in [1.165, 1.54) is 11.6 Å². The van der Waals surface area contributed by atoms with Gasteiger partial charge in [0.25, 0.3) is 5.91 Å². The van der Waals surface area contributed by atoms with E-state index in [1.54, 1.807) is 45.6 Å². The molecule has 0 radical (unpaired) electrons. The van der Waals surface area contributed by atoms with Gasteiger partial charge in [0.05, 0.1) is 19.3 Å². The first-order valence-corrected chi connectivity index (χ1v) is 15.2. The number of rotatable bonds is 4. The zero-order valence-corrected chi connectivity index (χ0v) is 23.9. The number of morpholine rings is 1. The number of hydrogen-bond donors (Lipinski definition) is 0. The fourth-order valence-corrected chi connectivity index (χ4v) is 7.70. The van der Waals surface area contributed by atoms with Gasteiger partial charge >= 0.3 is 0 Å². The lowest BCUT2D eigenvalue weighted by Gasteiger charge is -2.52. The molecule has 1 saturated heterocycles. The Bertz CT molecular complexity index is 1970. The highest BCUT2D eigenvalue weighted by molar-refractivity contribution is 7.07. The van der Waals surface area contributed by atoms with Crippen LogP contribution >= 0.6 is 11.3 Å². The van der Waals surface area contributed by atoms with Crippen LogP contribution in [0.25, 0.3) is 11.1 Å². The van der Waals surface area contributed by atoms with Crippen LogP contribution in [-0.4, -0.2) is 52.4 Å². The quantitative estimate of drug-likeness (QED) is 0.462. The largest absolute Gasteiger partial charge is 0.482 e. The lowest BCUT2D eigenvalue weighted by molar-refractivity contribution is -0.0185. The summed E-state index contributed by atoms with van der Waals surface area (Å²) in [4.78, 5) is 33.3. The van der Waals surface area contributed by atoms with Gasteiger partial charge < -0.3 is 14.4 Å². The molecule has 3 aromatic heterocycles. The van der Waals surface area contributed by atoms with Crippen LogP contribution in [0.2, 0.25) is 0 Å². The Morgan fingerprint density at radius 2 is 1.93 bits per heavy atom. The van der Waals surface area contributed by atoms with E-state index in [4.69, 9.17) is 9.47 Å². The summed E-state index contributed by atoms with van der Waals surface area (Å²) >= 11 is 1.67. The summed E-state index contributed by atoms with van der Waals surface area (Å²) in [6, 6.07) is 6.75. The summed E-state index contributed by atoms with van der Waals surface area (Å²) in [6.45, 7) is 1.15. The number of hydrogen-bond acceptors (Lipinski definition) is 7. The minimum absolute atomic E-state index is 0.00136. The molecule has 0 saturated carbocycles. The van der Waals surface area contributed by atoms with Crippen molar-refractivity contribution in [1.82, 2.24) is 14.6 Å². The molecular formula is C33H27FN4O4S. The summed E-state index contributed by atoms with van der Waals surface area (Å²) < 4.78 is 29.9. The second-order valence-corrected chi connectivity index (χ2v) is 11.9. The van der Waals surface area contributed by atoms with Gasteiger partial charge in [-0.05, 0) is 69.2 Å². The molecule has 2 aliphatic heterocycles. The highest BCUT2D eigenvalue weighted by Crippen LogP contribution is 2.41. The normalized spacial score (nSPS) is 22.3. The summed E-state index contributed by atoms with van der Waals surface area (Å²) in [6.07, 6.45) is 15.2. The molecule has 0 N–H and O–H groups in total. The first kappa shape index (κ1) is 26.1. The highest BCUT2D eigenvalue weighted by atomic mass is 32.1. The Morgan fingerprint density at radius 3 is 2.81 bits per heavy atom. The van der Waals surface area contributed by atoms with E-state index >= 15 is 0 Å². The van der Waals surface area contributed by atoms with Gasteiger partial charge in [-0.1, -0.05) is 24.3 Å². The maximum atomic E-state index is 14.9. The van der Waals surface area contributed by atoms with Crippen molar-refractivity contribution in [3.05, 3.63) is 127 Å². The van der Waals surface area contributed by atoms with E-state index in [0.29, 0.717) is 13.2 Å². The Hall–Kier alpha value is -4.54. The second kappa shape index (κ2) is 10.3. The first-order valence-electron chi connectivity index (χ1n) is 14.3. The van der Waals surface area contributed by atoms with Gasteiger partial charge in [0.2, 0.25) is 5.43 Å². The summed E-state index contributed by atoms with van der Waals surface area (Å²) in [5.74, 6) is -0.473. The van der Waals surface area contributed by atoms with Gasteiger partial charge in [-0.15, -0.1) is 11.3 Å². The van der Waals surface area contributed by atoms with Crippen molar-refractivity contribution < 1.29 is 18.7 Å². The zero-order valence-electron chi connectivity index (χ0n) is 23.1. The number of aromatic nitrogens is 2. The Kier molecular flexibility index (Phi) is 6.27. The number of fused-ring (bicyclic) bond motifs is 5. The van der Waals surface area contributed by atoms with Gasteiger partial charge in [-0.2, -0.15) is 0 Å². The summed E-state index contributed by atoms with van der Waals surface area (Å²) in [5.41, 5.74) is 4.78. The number of allylic oxidation sites excluding steroid dienone is 6. The van der Waals surface area contributed by atoms with Gasteiger partial charge in [-0.3, -0.25) is 24.3 Å². The molecule has 0 aromatic carbocycles. The van der Waals surface area contributed by atoms with Crippen LogP contribution in [0.1, 0.15) is 28.9 Å². The van der Waals surface area contributed by atoms with Crippen molar-refractivity contribution in [3.63, 3.8) is 0 Å². The molecule has 43 heavy (non-hydrogen) atoms. The molecule has 2 atom stereocenters. The van der Waals surface area contributed by atoms with Crippen LogP contribution in [0.5, 0.6) is 5.75 Å². The van der Waals surface area contributed by atoms with E-state index < -0.39 is 12.2 Å². The molecule has 3 aliphatic carbocycles. The monoisotopic (exact) mass is 594 g/mol. The zero-order chi connectivity index (χ0) is 29.1. The van der Waals surface area contributed by atoms with Crippen molar-refractivity contribution >= 4 is 28.4 Å². The number of pyridine rings is 2. The van der Waals surface area contributed by atoms with Crippen LogP contribution in [0.4, 0.5) is 4.39 Å². The maximum Gasteiger partial charge on any atom is 0.278 e. The molecule has 5 aliphatic rings. The number of carbonyl (C=O) groups excluding carboxylic acids is 1. The van der Waals surface area contributed by atoms with E-state index in [2.05, 4.69) is 39.7 Å². The van der Waals surface area contributed by atoms with Gasteiger partial charge in [0.15, 0.2) is 11.4 Å². The van der Waals surface area contributed by atoms with E-state index in [9.17, 15) is 14.0 Å². The third kappa shape index (κ3) is 4.16. The first-order chi connectivity index (χ1) is 21.1. The average Bonchev–Trinajstić information content (AvgIpc) is 3.50. The number of thiophene rings is 1. The number of ether oxygens (including phenoxy) is 2. The van der Waals surface area contributed by atoms with Crippen LogP contribution < -0.4 is 24.9 Å². The van der Waals surface area contributed by atoms with Crippen LogP contribution in [0.15, 0.2) is 100 Å². The number of nitrogens with zero attached hydrogens (tertiary/aromatic N) is 4. The predicted octanol–water partition coefficient (Wildman–Crippen LogP) is 3.09. The maximum absolute atomic E-state index is 14.9. The topological polar surface area (TPSA) is 76.9 Å². The number of amides is 1. The minimum atomic E-state index is -0.462. The van der Waals surface area contributed by atoms with Crippen LogP contribution in [0, 0.1) is 0 Å². The summed E-state index contributed by atoms with van der Waals surface area (Å²) in [7, 11) is 0. The van der Waals surface area contributed by atoms with Crippen LogP contribution in [0.3, 0.4) is 0 Å². The Balaban J connectivity index is 1.36. The fraction of sp³-hybridized carbons (Fsp3) is 0.242. The SMILES string of the molecule is O=C1c2c(OCc3ccncc3)c(=O)ccn2N(C2C3=CC=C(F)CC3=c3ccsc3=C3CC=CC=C32)[C@@H]2COCCN12. The molecule has 1 fully saturated rings. The molecule has 3 aromatic rings. The van der Waals surface area contributed by atoms with Gasteiger partial charge in [0, 0.05) is 42.2 Å². The van der Waals surface area contributed by atoms with E-state index in [0.717, 1.165) is 38.5 Å². The smallest absolute Gasteiger partial charge is 0.278 e. The van der Waals surface area contributed by atoms with Gasteiger partial charge in [-0.25, -0.2) is 4.39 Å². The number of carbonyl (C=O) groups is 1. The Labute approximate surface area is 250 Å². The van der Waals surface area contributed by atoms with Crippen molar-refractivity contribution in [2.45, 2.75) is 31.7 Å².